The monoisotopic (exact) mass is 509 g/mol. The van der Waals surface area contributed by atoms with E-state index in [1.165, 1.54) is 18.4 Å². The van der Waals surface area contributed by atoms with Gasteiger partial charge in [-0.3, -0.25) is 14.5 Å². The van der Waals surface area contributed by atoms with Crippen molar-refractivity contribution in [1.82, 2.24) is 20.4 Å². The summed E-state index contributed by atoms with van der Waals surface area (Å²) < 4.78 is 5.99. The number of nitrogens with one attached hydrogen (secondary N) is 3. The molecule has 4 aliphatic rings. The lowest BCUT2D eigenvalue weighted by atomic mass is 9.91. The minimum absolute atomic E-state index is 0.0646. The largest absolute Gasteiger partial charge is 0.482 e. The number of benzene rings is 1. The molecule has 11 heteroatoms. The van der Waals surface area contributed by atoms with Crippen LogP contribution in [0.2, 0.25) is 0 Å². The van der Waals surface area contributed by atoms with Gasteiger partial charge in [-0.2, -0.15) is 0 Å². The van der Waals surface area contributed by atoms with E-state index in [1.807, 2.05) is 17.5 Å². The average Bonchev–Trinajstić information content (AvgIpc) is 3.50. The van der Waals surface area contributed by atoms with Gasteiger partial charge in [-0.1, -0.05) is 6.07 Å². The number of aryl methyl sites for hydroxylation is 1. The van der Waals surface area contributed by atoms with E-state index in [0.29, 0.717) is 43.2 Å². The number of rotatable bonds is 4. The van der Waals surface area contributed by atoms with Crippen LogP contribution in [-0.2, 0) is 28.1 Å². The van der Waals surface area contributed by atoms with Crippen molar-refractivity contribution in [2.24, 2.45) is 5.92 Å². The molecule has 36 heavy (non-hydrogen) atoms. The van der Waals surface area contributed by atoms with Gasteiger partial charge in [0.25, 0.3) is 5.91 Å². The third-order valence-corrected chi connectivity index (χ3v) is 8.47. The number of anilines is 1. The molecule has 1 unspecified atom stereocenters. The normalized spacial score (nSPS) is 24.6. The van der Waals surface area contributed by atoms with E-state index in [2.05, 4.69) is 16.0 Å². The standard InChI is InChI=1S/C25H27N5O5S/c1-26-23(33)27-17-4-5-18-15(10-17)6-8-25(18)22(32)30(24(34)28-25)12-20(31)29-11-16-7-9-36-21(16)35-13-19(29)14-2-3-14/h4-5,7,9-10,14,19H,2-3,6,8,11-13H2,1H3,(H,28,34)(H2,26,27,33)/t19-,25?/m0/s1. The molecule has 3 N–H and O–H groups in total. The summed E-state index contributed by atoms with van der Waals surface area (Å²) in [6.45, 7) is 0.534. The molecule has 0 radical (unpaired) electrons. The summed E-state index contributed by atoms with van der Waals surface area (Å²) in [6, 6.07) is 6.30. The van der Waals surface area contributed by atoms with E-state index < -0.39 is 17.5 Å². The van der Waals surface area contributed by atoms with Gasteiger partial charge in [-0.25, -0.2) is 9.59 Å². The van der Waals surface area contributed by atoms with E-state index in [4.69, 9.17) is 4.74 Å². The van der Waals surface area contributed by atoms with Crippen LogP contribution in [0.15, 0.2) is 29.6 Å². The number of hydrogen-bond acceptors (Lipinski definition) is 6. The van der Waals surface area contributed by atoms with Crippen molar-refractivity contribution in [1.29, 1.82) is 0 Å². The van der Waals surface area contributed by atoms with Gasteiger partial charge in [0, 0.05) is 18.3 Å². The van der Waals surface area contributed by atoms with E-state index in [9.17, 15) is 19.2 Å². The van der Waals surface area contributed by atoms with Crippen LogP contribution in [0.25, 0.3) is 0 Å². The first kappa shape index (κ1) is 22.8. The number of carbonyl (C=O) groups excluding carboxylic acids is 4. The van der Waals surface area contributed by atoms with Crippen molar-refractivity contribution in [2.45, 2.75) is 43.8 Å². The molecule has 2 fully saturated rings. The van der Waals surface area contributed by atoms with Gasteiger partial charge in [-0.15, -0.1) is 11.3 Å². The van der Waals surface area contributed by atoms with Crippen LogP contribution in [0.3, 0.4) is 0 Å². The zero-order valence-corrected chi connectivity index (χ0v) is 20.7. The molecule has 1 aromatic carbocycles. The number of urea groups is 2. The van der Waals surface area contributed by atoms with Gasteiger partial charge in [0.2, 0.25) is 5.91 Å². The van der Waals surface area contributed by atoms with Crippen LogP contribution in [0.1, 0.15) is 36.0 Å². The summed E-state index contributed by atoms with van der Waals surface area (Å²) in [4.78, 5) is 54.7. The highest BCUT2D eigenvalue weighted by Gasteiger charge is 2.56. The quantitative estimate of drug-likeness (QED) is 0.547. The van der Waals surface area contributed by atoms with Gasteiger partial charge in [-0.05, 0) is 66.3 Å². The topological polar surface area (TPSA) is 120 Å². The molecule has 1 spiro atoms. The molecular formula is C25H27N5O5S. The number of carbonyl (C=O) groups is 4. The Hall–Kier alpha value is -3.60. The minimum atomic E-state index is -1.18. The molecule has 2 aromatic rings. The minimum Gasteiger partial charge on any atom is -0.482 e. The van der Waals surface area contributed by atoms with Crippen molar-refractivity contribution < 1.29 is 23.9 Å². The number of fused-ring (bicyclic) bond motifs is 3. The SMILES string of the molecule is CNC(=O)Nc1ccc2c(c1)CCC21NC(=O)N(CC(=O)N2Cc3ccsc3OC[C@H]2C2CC2)C1=O. The van der Waals surface area contributed by atoms with Gasteiger partial charge < -0.3 is 25.6 Å². The van der Waals surface area contributed by atoms with Crippen LogP contribution < -0.4 is 20.7 Å². The molecule has 2 aliphatic carbocycles. The molecule has 6 rings (SSSR count). The van der Waals surface area contributed by atoms with Crippen molar-refractivity contribution in [2.75, 3.05) is 25.5 Å². The Balaban J connectivity index is 1.22. The molecule has 10 nitrogen and oxygen atoms in total. The van der Waals surface area contributed by atoms with Crippen LogP contribution in [0.5, 0.6) is 5.06 Å². The Bertz CT molecular complexity index is 1270. The molecule has 2 aliphatic heterocycles. The first-order valence-corrected chi connectivity index (χ1v) is 13.0. The summed E-state index contributed by atoms with van der Waals surface area (Å²) >= 11 is 1.52. The zero-order valence-electron chi connectivity index (χ0n) is 19.8. The Kier molecular flexibility index (Phi) is 5.40. The fourth-order valence-corrected chi connectivity index (χ4v) is 6.33. The molecule has 1 saturated carbocycles. The number of ether oxygens (including phenoxy) is 1. The third kappa shape index (κ3) is 3.69. The predicted octanol–water partition coefficient (Wildman–Crippen LogP) is 2.39. The smallest absolute Gasteiger partial charge is 0.325 e. The molecule has 188 valence electrons. The highest BCUT2D eigenvalue weighted by Crippen LogP contribution is 2.43. The summed E-state index contributed by atoms with van der Waals surface area (Å²) in [7, 11) is 1.53. The summed E-state index contributed by atoms with van der Waals surface area (Å²) in [6.07, 6.45) is 3.07. The lowest BCUT2D eigenvalue weighted by molar-refractivity contribution is -0.141. The highest BCUT2D eigenvalue weighted by molar-refractivity contribution is 7.12. The lowest BCUT2D eigenvalue weighted by Crippen LogP contribution is -2.49. The lowest BCUT2D eigenvalue weighted by Gasteiger charge is -2.30. The molecule has 6 amide bonds. The first-order valence-electron chi connectivity index (χ1n) is 12.1. The second kappa shape index (κ2) is 8.51. The van der Waals surface area contributed by atoms with Crippen molar-refractivity contribution >= 4 is 40.9 Å². The average molecular weight is 510 g/mol. The summed E-state index contributed by atoms with van der Waals surface area (Å²) in [5, 5.41) is 10.9. The van der Waals surface area contributed by atoms with Crippen LogP contribution in [-0.4, -0.2) is 59.9 Å². The van der Waals surface area contributed by atoms with Crippen LogP contribution in [0, 0.1) is 5.92 Å². The van der Waals surface area contributed by atoms with E-state index in [0.717, 1.165) is 33.9 Å². The molecule has 1 aromatic heterocycles. The summed E-state index contributed by atoms with van der Waals surface area (Å²) in [5.41, 5.74) is 1.97. The zero-order chi connectivity index (χ0) is 25.0. The van der Waals surface area contributed by atoms with E-state index in [-0.39, 0.29) is 24.5 Å². The van der Waals surface area contributed by atoms with Crippen LogP contribution >= 0.6 is 11.3 Å². The predicted molar refractivity (Wildman–Crippen MR) is 132 cm³/mol. The number of amides is 6. The second-order valence-electron chi connectivity index (χ2n) is 9.77. The van der Waals surface area contributed by atoms with E-state index >= 15 is 0 Å². The highest BCUT2D eigenvalue weighted by atomic mass is 32.1. The number of nitrogens with zero attached hydrogens (tertiary/aromatic N) is 2. The Labute approximate surface area is 212 Å². The van der Waals surface area contributed by atoms with Crippen molar-refractivity contribution in [3.8, 4) is 5.06 Å². The summed E-state index contributed by atoms with van der Waals surface area (Å²) in [5.74, 6) is -0.271. The third-order valence-electron chi connectivity index (χ3n) is 7.61. The number of thiophene rings is 1. The number of imide groups is 1. The van der Waals surface area contributed by atoms with Crippen molar-refractivity contribution in [3.63, 3.8) is 0 Å². The Morgan fingerprint density at radius 1 is 1.22 bits per heavy atom. The molecular weight excluding hydrogens is 482 g/mol. The molecule has 3 heterocycles. The fraction of sp³-hybridized carbons (Fsp3) is 0.440. The van der Waals surface area contributed by atoms with Gasteiger partial charge >= 0.3 is 12.1 Å². The van der Waals surface area contributed by atoms with Gasteiger partial charge in [0.15, 0.2) is 5.06 Å². The van der Waals surface area contributed by atoms with Crippen molar-refractivity contribution in [3.05, 3.63) is 46.3 Å². The van der Waals surface area contributed by atoms with Gasteiger partial charge in [0.05, 0.1) is 12.6 Å². The number of hydrogen-bond donors (Lipinski definition) is 3. The van der Waals surface area contributed by atoms with Crippen LogP contribution in [0.4, 0.5) is 15.3 Å². The molecule has 1 saturated heterocycles. The fourth-order valence-electron chi connectivity index (χ4n) is 5.56. The molecule has 0 bridgehead atoms. The first-order chi connectivity index (χ1) is 17.4. The second-order valence-corrected chi connectivity index (χ2v) is 10.7. The maximum Gasteiger partial charge on any atom is 0.325 e. The Morgan fingerprint density at radius 2 is 2.06 bits per heavy atom. The van der Waals surface area contributed by atoms with E-state index in [1.54, 1.807) is 17.0 Å². The molecule has 2 atom stereocenters. The maximum atomic E-state index is 13.7. The van der Waals surface area contributed by atoms with Gasteiger partial charge in [0.1, 0.15) is 18.7 Å². The maximum absolute atomic E-state index is 13.7. The Morgan fingerprint density at radius 3 is 2.83 bits per heavy atom.